The minimum absolute atomic E-state index is 0.0810. The van der Waals surface area contributed by atoms with E-state index >= 15 is 4.39 Å². The van der Waals surface area contributed by atoms with Gasteiger partial charge in [-0.05, 0) is 97.8 Å². The van der Waals surface area contributed by atoms with Crippen LogP contribution in [0.1, 0.15) is 51.1 Å². The molecule has 5 aromatic rings. The molecule has 3 fully saturated rings. The number of fused-ring (bicyclic) bond motifs is 2. The summed E-state index contributed by atoms with van der Waals surface area (Å²) >= 11 is 0. The Morgan fingerprint density at radius 2 is 1.56 bits per heavy atom. The van der Waals surface area contributed by atoms with E-state index in [0.29, 0.717) is 43.5 Å². The zero-order chi connectivity index (χ0) is 42.4. The van der Waals surface area contributed by atoms with E-state index in [4.69, 9.17) is 10.8 Å². The van der Waals surface area contributed by atoms with E-state index in [1.165, 1.54) is 19.1 Å². The maximum atomic E-state index is 16.0. The van der Waals surface area contributed by atoms with E-state index in [1.807, 2.05) is 18.2 Å². The summed E-state index contributed by atoms with van der Waals surface area (Å²) in [6, 6.07) is 18.6. The number of anilines is 6. The van der Waals surface area contributed by atoms with Crippen LogP contribution < -0.4 is 36.4 Å². The molecule has 0 saturated carbocycles. The molecular formula is C44H49FN12O4. The first-order valence-corrected chi connectivity index (χ1v) is 20.8. The molecule has 17 heteroatoms. The van der Waals surface area contributed by atoms with Crippen LogP contribution in [0.15, 0.2) is 66.9 Å². The van der Waals surface area contributed by atoms with E-state index in [2.05, 4.69) is 60.0 Å². The molecule has 2 aromatic heterocycles. The number of nitrogens with zero attached hydrogens (tertiary/aromatic N) is 8. The first kappa shape index (κ1) is 39.7. The number of hydrogen-bond acceptors (Lipinski definition) is 10. The Morgan fingerprint density at radius 1 is 0.836 bits per heavy atom. The van der Waals surface area contributed by atoms with Crippen molar-refractivity contribution in [2.24, 2.45) is 18.7 Å². The lowest BCUT2D eigenvalue weighted by molar-refractivity contribution is -0.120. The molecule has 9 rings (SSSR count). The highest BCUT2D eigenvalue weighted by Gasteiger charge is 2.30. The van der Waals surface area contributed by atoms with Gasteiger partial charge in [0.05, 0.1) is 0 Å². The summed E-state index contributed by atoms with van der Waals surface area (Å²) in [5.41, 5.74) is 11.5. The summed E-state index contributed by atoms with van der Waals surface area (Å²) in [6.45, 7) is 9.24. The molecule has 61 heavy (non-hydrogen) atoms. The van der Waals surface area contributed by atoms with Crippen LogP contribution >= 0.6 is 0 Å². The third-order valence-electron chi connectivity index (χ3n) is 12.4. The Kier molecular flexibility index (Phi) is 10.7. The standard InChI is InChI=1S/C44H49FN12O4/c1-27-33(43(60)48-36-14-16-52(2)50-36)8-9-34(39(27)45)40-38(41(46)59)42-47-35-10-7-32(25-29(35)13-20-57(42)51-40)55-23-21-53(22-24-55)26-28-11-17-54(18-12-28)30-3-5-31(6-4-30)56-19-15-37(58)49-44(56)61/h3-10,14,16,25,28,47H,11-13,15,17-24,26H2,1-2H3,(H2,46,59)(H,48,50,60)(H,49,58,61). The zero-order valence-corrected chi connectivity index (χ0v) is 34.3. The normalized spacial score (nSPS) is 17.3. The smallest absolute Gasteiger partial charge is 0.328 e. The first-order valence-electron chi connectivity index (χ1n) is 20.8. The number of hydrogen-bond donors (Lipinski definition) is 4. The minimum Gasteiger partial charge on any atom is -0.372 e. The minimum atomic E-state index is -0.738. The maximum absolute atomic E-state index is 16.0. The van der Waals surface area contributed by atoms with E-state index in [9.17, 15) is 19.2 Å². The van der Waals surface area contributed by atoms with Gasteiger partial charge < -0.3 is 26.2 Å². The predicted molar refractivity (Wildman–Crippen MR) is 231 cm³/mol. The van der Waals surface area contributed by atoms with Gasteiger partial charge in [0.2, 0.25) is 5.91 Å². The van der Waals surface area contributed by atoms with Gasteiger partial charge in [-0.1, -0.05) is 0 Å². The van der Waals surface area contributed by atoms with Crippen molar-refractivity contribution in [1.82, 2.24) is 29.8 Å². The molecule has 0 bridgehead atoms. The van der Waals surface area contributed by atoms with Gasteiger partial charge >= 0.3 is 6.03 Å². The molecule has 316 valence electrons. The fourth-order valence-electron chi connectivity index (χ4n) is 8.99. The molecular weight excluding hydrogens is 780 g/mol. The number of nitrogens with two attached hydrogens (primary N) is 1. The fraction of sp³-hybridized carbons (Fsp3) is 0.364. The molecule has 0 unspecified atom stereocenters. The van der Waals surface area contributed by atoms with Crippen LogP contribution in [-0.4, -0.2) is 101 Å². The van der Waals surface area contributed by atoms with Crippen molar-refractivity contribution in [3.63, 3.8) is 0 Å². The topological polar surface area (TPSA) is 179 Å². The predicted octanol–water partition coefficient (Wildman–Crippen LogP) is 4.87. The van der Waals surface area contributed by atoms with E-state index in [1.54, 1.807) is 33.6 Å². The van der Waals surface area contributed by atoms with Crippen LogP contribution in [-0.2, 0) is 24.8 Å². The van der Waals surface area contributed by atoms with Crippen molar-refractivity contribution >= 4 is 58.1 Å². The van der Waals surface area contributed by atoms with Crippen molar-refractivity contribution in [2.75, 3.05) is 77.7 Å². The molecule has 0 spiro atoms. The van der Waals surface area contributed by atoms with Gasteiger partial charge in [-0.25, -0.2) is 13.9 Å². The highest BCUT2D eigenvalue weighted by molar-refractivity contribution is 6.07. The molecule has 6 heterocycles. The molecule has 3 aromatic carbocycles. The molecule has 5 N–H and O–H groups in total. The number of primary amides is 1. The SMILES string of the molecule is Cc1c(C(=O)Nc2ccn(C)n2)ccc(-c2nn3c(c2C(N)=O)Nc2ccc(N4CCN(CC5CCN(c6ccc(N7CCC(=O)NC7=O)cc6)CC5)CC4)cc2CC3)c1F. The Morgan fingerprint density at radius 3 is 2.26 bits per heavy atom. The van der Waals surface area contributed by atoms with Crippen LogP contribution in [0.4, 0.5) is 43.6 Å². The summed E-state index contributed by atoms with van der Waals surface area (Å²) < 4.78 is 19.3. The number of carbonyl (C=O) groups is 4. The van der Waals surface area contributed by atoms with Gasteiger partial charge in [-0.15, -0.1) is 0 Å². The second kappa shape index (κ2) is 16.4. The largest absolute Gasteiger partial charge is 0.372 e. The number of benzene rings is 3. The van der Waals surface area contributed by atoms with Gasteiger partial charge in [0.15, 0.2) is 5.82 Å². The Labute approximate surface area is 352 Å². The number of aryl methyl sites for hydroxylation is 3. The Balaban J connectivity index is 0.800. The van der Waals surface area contributed by atoms with Crippen LogP contribution in [0.3, 0.4) is 0 Å². The Hall–Kier alpha value is -6.75. The Bertz CT molecular complexity index is 2520. The number of amides is 5. The first-order chi connectivity index (χ1) is 29.5. The average Bonchev–Trinajstić information content (AvgIpc) is 3.78. The summed E-state index contributed by atoms with van der Waals surface area (Å²) in [7, 11) is 1.73. The number of aromatic nitrogens is 4. The van der Waals surface area contributed by atoms with Crippen LogP contribution in [0.2, 0.25) is 0 Å². The number of rotatable bonds is 9. The fourth-order valence-corrected chi connectivity index (χ4v) is 8.99. The van der Waals surface area contributed by atoms with Crippen LogP contribution in [0.5, 0.6) is 0 Å². The molecule has 0 aliphatic carbocycles. The number of halogens is 1. The van der Waals surface area contributed by atoms with Gasteiger partial charge in [-0.2, -0.15) is 10.2 Å². The number of piperazine rings is 1. The van der Waals surface area contributed by atoms with Crippen LogP contribution in [0.25, 0.3) is 11.3 Å². The van der Waals surface area contributed by atoms with Crippen molar-refractivity contribution in [1.29, 1.82) is 0 Å². The lowest BCUT2D eigenvalue weighted by Gasteiger charge is -2.40. The van der Waals surface area contributed by atoms with Crippen molar-refractivity contribution in [3.8, 4) is 11.3 Å². The lowest BCUT2D eigenvalue weighted by Crippen LogP contribution is -2.49. The summed E-state index contributed by atoms with van der Waals surface area (Å²) in [5, 5.41) is 17.3. The molecule has 16 nitrogen and oxygen atoms in total. The quantitative estimate of drug-likeness (QED) is 0.160. The van der Waals surface area contributed by atoms with E-state index < -0.39 is 17.6 Å². The number of imide groups is 1. The summed E-state index contributed by atoms with van der Waals surface area (Å²) in [5.74, 6) is -0.742. The van der Waals surface area contributed by atoms with Crippen LogP contribution in [0, 0.1) is 18.7 Å². The van der Waals surface area contributed by atoms with Gasteiger partial charge in [0.25, 0.3) is 11.8 Å². The summed E-state index contributed by atoms with van der Waals surface area (Å²) in [6.07, 6.45) is 4.89. The van der Waals surface area contributed by atoms with Crippen molar-refractivity contribution < 1.29 is 23.6 Å². The van der Waals surface area contributed by atoms with Crippen molar-refractivity contribution in [3.05, 3.63) is 94.9 Å². The van der Waals surface area contributed by atoms with Gasteiger partial charge in [0, 0.05) is 119 Å². The van der Waals surface area contributed by atoms with E-state index in [0.717, 1.165) is 87.0 Å². The highest BCUT2D eigenvalue weighted by Crippen LogP contribution is 2.38. The number of nitrogens with one attached hydrogen (secondary N) is 3. The molecule has 4 aliphatic rings. The average molecular weight is 829 g/mol. The molecule has 4 aliphatic heterocycles. The van der Waals surface area contributed by atoms with Gasteiger partial charge in [-0.3, -0.25) is 34.2 Å². The zero-order valence-electron chi connectivity index (χ0n) is 34.3. The second-order valence-electron chi connectivity index (χ2n) is 16.3. The second-order valence-corrected chi connectivity index (χ2v) is 16.3. The molecule has 3 saturated heterocycles. The number of carbonyl (C=O) groups excluding carboxylic acids is 4. The number of urea groups is 1. The third-order valence-corrected chi connectivity index (χ3v) is 12.4. The molecule has 0 radical (unpaired) electrons. The highest BCUT2D eigenvalue weighted by atomic mass is 19.1. The molecule has 0 atom stereocenters. The third kappa shape index (κ3) is 8.00. The monoisotopic (exact) mass is 828 g/mol. The van der Waals surface area contributed by atoms with E-state index in [-0.39, 0.29) is 39.9 Å². The van der Waals surface area contributed by atoms with Crippen molar-refractivity contribution in [2.45, 2.75) is 39.2 Å². The maximum Gasteiger partial charge on any atom is 0.328 e. The van der Waals surface area contributed by atoms with Gasteiger partial charge in [0.1, 0.15) is 22.9 Å². The number of piperidine rings is 1. The lowest BCUT2D eigenvalue weighted by atomic mass is 9.95. The molecule has 5 amide bonds. The summed E-state index contributed by atoms with van der Waals surface area (Å²) in [4.78, 5) is 58.8.